The van der Waals surface area contributed by atoms with E-state index >= 15 is 0 Å². The maximum Gasteiger partial charge on any atom is 0.335 e. The van der Waals surface area contributed by atoms with Crippen LogP contribution in [0.4, 0.5) is 0 Å². The minimum absolute atomic E-state index is 0.124. The SMILES string of the molecule is Cc1cc(Oc2nc(C(C)(C)C)ns2)ccc1C(=O)O. The lowest BCUT2D eigenvalue weighted by Crippen LogP contribution is -2.12. The van der Waals surface area contributed by atoms with Gasteiger partial charge in [-0.3, -0.25) is 0 Å². The zero-order valence-corrected chi connectivity index (χ0v) is 12.6. The Balaban J connectivity index is 2.20. The third kappa shape index (κ3) is 3.14. The average Bonchev–Trinajstić information content (AvgIpc) is 2.76. The van der Waals surface area contributed by atoms with E-state index in [2.05, 4.69) is 9.36 Å². The molecule has 0 aliphatic rings. The zero-order valence-electron chi connectivity index (χ0n) is 11.8. The van der Waals surface area contributed by atoms with Crippen LogP contribution >= 0.6 is 11.5 Å². The molecule has 0 amide bonds. The van der Waals surface area contributed by atoms with Gasteiger partial charge in [0.2, 0.25) is 0 Å². The Bertz CT molecular complexity index is 644. The summed E-state index contributed by atoms with van der Waals surface area (Å²) in [6.07, 6.45) is 0. The van der Waals surface area contributed by atoms with Crippen LogP contribution in [0.2, 0.25) is 0 Å². The standard InChI is InChI=1S/C14H16N2O3S/c1-8-7-9(5-6-10(8)11(17)18)19-13-15-12(16-20-13)14(2,3)4/h5-7H,1-4H3,(H,17,18). The first-order chi connectivity index (χ1) is 9.27. The highest BCUT2D eigenvalue weighted by atomic mass is 32.1. The molecule has 5 nitrogen and oxygen atoms in total. The summed E-state index contributed by atoms with van der Waals surface area (Å²) in [7, 11) is 0. The van der Waals surface area contributed by atoms with E-state index in [4.69, 9.17) is 9.84 Å². The molecule has 0 radical (unpaired) electrons. The number of carbonyl (C=O) groups is 1. The number of hydrogen-bond acceptors (Lipinski definition) is 5. The molecule has 6 heteroatoms. The Morgan fingerprint density at radius 2 is 2.05 bits per heavy atom. The summed E-state index contributed by atoms with van der Waals surface area (Å²) < 4.78 is 9.88. The van der Waals surface area contributed by atoms with Crippen molar-refractivity contribution in [1.29, 1.82) is 0 Å². The smallest absolute Gasteiger partial charge is 0.335 e. The van der Waals surface area contributed by atoms with Crippen LogP contribution in [0.3, 0.4) is 0 Å². The van der Waals surface area contributed by atoms with E-state index in [1.54, 1.807) is 19.1 Å². The summed E-state index contributed by atoms with van der Waals surface area (Å²) in [5, 5.41) is 9.43. The predicted molar refractivity (Wildman–Crippen MR) is 76.8 cm³/mol. The third-order valence-electron chi connectivity index (χ3n) is 2.71. The molecular formula is C14H16N2O3S. The number of rotatable bonds is 3. The second kappa shape index (κ2) is 5.20. The number of hydrogen-bond donors (Lipinski definition) is 1. The molecular weight excluding hydrogens is 276 g/mol. The monoisotopic (exact) mass is 292 g/mol. The summed E-state index contributed by atoms with van der Waals surface area (Å²) in [6.45, 7) is 7.83. The van der Waals surface area contributed by atoms with E-state index in [0.717, 1.165) is 5.82 Å². The molecule has 0 aliphatic carbocycles. The Morgan fingerprint density at radius 3 is 2.55 bits per heavy atom. The lowest BCUT2D eigenvalue weighted by atomic mass is 9.96. The van der Waals surface area contributed by atoms with Crippen molar-refractivity contribution in [2.24, 2.45) is 0 Å². The van der Waals surface area contributed by atoms with Crippen molar-refractivity contribution in [3.8, 4) is 10.9 Å². The molecule has 106 valence electrons. The van der Waals surface area contributed by atoms with Gasteiger partial charge in [-0.05, 0) is 30.7 Å². The lowest BCUT2D eigenvalue weighted by Gasteiger charge is -2.12. The van der Waals surface area contributed by atoms with Crippen molar-refractivity contribution in [2.75, 3.05) is 0 Å². The number of nitrogens with zero attached hydrogens (tertiary/aromatic N) is 2. The molecule has 0 fully saturated rings. The van der Waals surface area contributed by atoms with E-state index in [1.807, 2.05) is 20.8 Å². The van der Waals surface area contributed by atoms with Crippen molar-refractivity contribution < 1.29 is 14.6 Å². The van der Waals surface area contributed by atoms with Gasteiger partial charge >= 0.3 is 5.97 Å². The maximum absolute atomic E-state index is 10.9. The van der Waals surface area contributed by atoms with E-state index in [-0.39, 0.29) is 11.0 Å². The summed E-state index contributed by atoms with van der Waals surface area (Å²) in [5.41, 5.74) is 0.793. The Hall–Kier alpha value is -1.95. The Kier molecular flexibility index (Phi) is 3.76. The third-order valence-corrected chi connectivity index (χ3v) is 3.31. The quantitative estimate of drug-likeness (QED) is 0.935. The van der Waals surface area contributed by atoms with Crippen molar-refractivity contribution in [3.63, 3.8) is 0 Å². The minimum atomic E-state index is -0.944. The largest absolute Gasteiger partial charge is 0.478 e. The van der Waals surface area contributed by atoms with Gasteiger partial charge in [-0.2, -0.15) is 9.36 Å². The fraction of sp³-hybridized carbons (Fsp3) is 0.357. The summed E-state index contributed by atoms with van der Waals surface area (Å²) in [6, 6.07) is 4.83. The van der Waals surface area contributed by atoms with Crippen LogP contribution in [0.15, 0.2) is 18.2 Å². The first kappa shape index (κ1) is 14.5. The minimum Gasteiger partial charge on any atom is -0.478 e. The first-order valence-electron chi connectivity index (χ1n) is 6.13. The van der Waals surface area contributed by atoms with Gasteiger partial charge in [0, 0.05) is 16.9 Å². The summed E-state index contributed by atoms with van der Waals surface area (Å²) in [5.74, 6) is 0.348. The lowest BCUT2D eigenvalue weighted by molar-refractivity contribution is 0.0696. The molecule has 0 saturated heterocycles. The number of aromatic carboxylic acids is 1. The molecule has 0 aliphatic heterocycles. The molecule has 2 aromatic rings. The van der Waals surface area contributed by atoms with Crippen LogP contribution in [0, 0.1) is 6.92 Å². The van der Waals surface area contributed by atoms with Gasteiger partial charge in [0.25, 0.3) is 5.19 Å². The molecule has 0 bridgehead atoms. The number of benzene rings is 1. The molecule has 20 heavy (non-hydrogen) atoms. The normalized spacial score (nSPS) is 11.4. The van der Waals surface area contributed by atoms with Gasteiger partial charge in [0.15, 0.2) is 5.82 Å². The highest BCUT2D eigenvalue weighted by Gasteiger charge is 2.20. The van der Waals surface area contributed by atoms with Gasteiger partial charge in [0.05, 0.1) is 5.56 Å². The predicted octanol–water partition coefficient (Wildman–Crippen LogP) is 3.63. The van der Waals surface area contributed by atoms with Crippen LogP contribution in [-0.2, 0) is 5.41 Å². The van der Waals surface area contributed by atoms with Crippen LogP contribution in [0.25, 0.3) is 0 Å². The topological polar surface area (TPSA) is 72.3 Å². The van der Waals surface area contributed by atoms with E-state index in [1.165, 1.54) is 17.6 Å². The molecule has 1 N–H and O–H groups in total. The molecule has 0 spiro atoms. The highest BCUT2D eigenvalue weighted by Crippen LogP contribution is 2.28. The van der Waals surface area contributed by atoms with Gasteiger partial charge in [-0.1, -0.05) is 20.8 Å². The molecule has 1 heterocycles. The molecule has 1 aromatic heterocycles. The second-order valence-electron chi connectivity index (χ2n) is 5.52. The number of ether oxygens (including phenoxy) is 1. The van der Waals surface area contributed by atoms with Crippen LogP contribution < -0.4 is 4.74 Å². The van der Waals surface area contributed by atoms with Crippen molar-refractivity contribution >= 4 is 17.5 Å². The number of carboxylic acid groups (broad SMARTS) is 1. The van der Waals surface area contributed by atoms with E-state index < -0.39 is 5.97 Å². The van der Waals surface area contributed by atoms with Gasteiger partial charge < -0.3 is 9.84 Å². The number of aromatic nitrogens is 2. The second-order valence-corrected chi connectivity index (χ2v) is 6.23. The molecule has 0 unspecified atom stereocenters. The molecule has 1 aromatic carbocycles. The summed E-state index contributed by atoms with van der Waals surface area (Å²) >= 11 is 1.19. The zero-order chi connectivity index (χ0) is 14.9. The number of aryl methyl sites for hydroxylation is 1. The fourth-order valence-corrected chi connectivity index (χ4v) is 2.34. The molecule has 0 saturated carbocycles. The molecule has 0 atom stereocenters. The summed E-state index contributed by atoms with van der Waals surface area (Å²) in [4.78, 5) is 15.3. The van der Waals surface area contributed by atoms with Crippen LogP contribution in [-0.4, -0.2) is 20.4 Å². The van der Waals surface area contributed by atoms with E-state index in [0.29, 0.717) is 16.5 Å². The highest BCUT2D eigenvalue weighted by molar-refractivity contribution is 7.07. The van der Waals surface area contributed by atoms with E-state index in [9.17, 15) is 4.79 Å². The maximum atomic E-state index is 10.9. The average molecular weight is 292 g/mol. The number of carboxylic acids is 1. The van der Waals surface area contributed by atoms with Crippen LogP contribution in [0.5, 0.6) is 10.9 Å². The fourth-order valence-electron chi connectivity index (χ4n) is 1.60. The Labute approximate surface area is 121 Å². The van der Waals surface area contributed by atoms with Crippen LogP contribution in [0.1, 0.15) is 42.5 Å². The van der Waals surface area contributed by atoms with Gasteiger partial charge in [-0.25, -0.2) is 4.79 Å². The van der Waals surface area contributed by atoms with Crippen molar-refractivity contribution in [3.05, 3.63) is 35.2 Å². The van der Waals surface area contributed by atoms with Crippen molar-refractivity contribution in [2.45, 2.75) is 33.1 Å². The first-order valence-corrected chi connectivity index (χ1v) is 6.90. The van der Waals surface area contributed by atoms with Gasteiger partial charge in [-0.15, -0.1) is 0 Å². The van der Waals surface area contributed by atoms with Gasteiger partial charge in [0.1, 0.15) is 5.75 Å². The Morgan fingerprint density at radius 1 is 1.35 bits per heavy atom. The molecule has 2 rings (SSSR count). The van der Waals surface area contributed by atoms with Crippen molar-refractivity contribution in [1.82, 2.24) is 9.36 Å².